The lowest BCUT2D eigenvalue weighted by Gasteiger charge is -2.33. The first-order chi connectivity index (χ1) is 16.8. The third-order valence-corrected chi connectivity index (χ3v) is 8.21. The molecule has 0 bridgehead atoms. The molecule has 3 heterocycles. The Balaban J connectivity index is 0.00000361. The van der Waals surface area contributed by atoms with E-state index in [0.29, 0.717) is 61.7 Å². The Bertz CT molecular complexity index is 1360. The molecule has 10 nitrogen and oxygen atoms in total. The Labute approximate surface area is 217 Å². The number of aliphatic hydroxyl groups excluding tert-OH is 1. The molecule has 12 heteroatoms. The zero-order valence-electron chi connectivity index (χ0n) is 20.9. The van der Waals surface area contributed by atoms with Crippen molar-refractivity contribution in [3.63, 3.8) is 0 Å². The van der Waals surface area contributed by atoms with Crippen LogP contribution in [0.1, 0.15) is 25.8 Å². The van der Waals surface area contributed by atoms with Crippen molar-refractivity contribution >= 4 is 33.5 Å². The summed E-state index contributed by atoms with van der Waals surface area (Å²) in [7, 11) is -1.95. The largest absolute Gasteiger partial charge is 0.493 e. The van der Waals surface area contributed by atoms with E-state index < -0.39 is 10.0 Å². The minimum Gasteiger partial charge on any atom is -0.493 e. The molecule has 4 rings (SSSR count). The van der Waals surface area contributed by atoms with E-state index in [2.05, 4.69) is 11.9 Å². The summed E-state index contributed by atoms with van der Waals surface area (Å²) >= 11 is 0. The average molecular weight is 540 g/mol. The fraction of sp³-hybridized carbons (Fsp3) is 0.500. The molecule has 1 saturated heterocycles. The van der Waals surface area contributed by atoms with Gasteiger partial charge in [0.15, 0.2) is 0 Å². The van der Waals surface area contributed by atoms with Crippen LogP contribution in [0.15, 0.2) is 34.1 Å². The lowest BCUT2D eigenvalue weighted by molar-refractivity contribution is 0.151. The van der Waals surface area contributed by atoms with Crippen molar-refractivity contribution in [3.05, 3.63) is 40.3 Å². The third-order valence-electron chi connectivity index (χ3n) is 6.31. The molecule has 198 valence electrons. The predicted molar refractivity (Wildman–Crippen MR) is 141 cm³/mol. The molecular formula is C24H34ClN5O5S. The van der Waals surface area contributed by atoms with Gasteiger partial charge in [-0.3, -0.25) is 9.69 Å². The minimum absolute atomic E-state index is 0. The number of sulfonamides is 1. The van der Waals surface area contributed by atoms with Crippen LogP contribution in [0.5, 0.6) is 5.75 Å². The zero-order chi connectivity index (χ0) is 25.2. The molecule has 1 aliphatic rings. The van der Waals surface area contributed by atoms with Crippen molar-refractivity contribution in [3.8, 4) is 17.1 Å². The number of aromatic nitrogens is 3. The van der Waals surface area contributed by atoms with E-state index in [9.17, 15) is 13.2 Å². The van der Waals surface area contributed by atoms with Gasteiger partial charge in [0.25, 0.3) is 5.56 Å². The number of piperazine rings is 1. The number of H-pyrrole nitrogens is 1. The van der Waals surface area contributed by atoms with Crippen LogP contribution in [0.4, 0.5) is 0 Å². The van der Waals surface area contributed by atoms with Crippen LogP contribution >= 0.6 is 12.4 Å². The number of fused-ring (bicyclic) bond motifs is 1. The fourth-order valence-corrected chi connectivity index (χ4v) is 6.03. The molecule has 0 radical (unpaired) electrons. The lowest BCUT2D eigenvalue weighted by Crippen LogP contribution is -2.49. The molecule has 2 N–H and O–H groups in total. The number of aliphatic hydroxyl groups is 1. The first-order valence-electron chi connectivity index (χ1n) is 12.0. The second-order valence-corrected chi connectivity index (χ2v) is 10.6. The van der Waals surface area contributed by atoms with Gasteiger partial charge in [0.2, 0.25) is 10.0 Å². The minimum atomic E-state index is -3.76. The smallest absolute Gasteiger partial charge is 0.275 e. The van der Waals surface area contributed by atoms with Gasteiger partial charge in [-0.2, -0.15) is 4.31 Å². The average Bonchev–Trinajstić information content (AvgIpc) is 3.15. The normalized spacial score (nSPS) is 15.2. The van der Waals surface area contributed by atoms with Crippen LogP contribution in [0.25, 0.3) is 22.4 Å². The number of aryl methyl sites for hydroxylation is 2. The van der Waals surface area contributed by atoms with Gasteiger partial charge in [0, 0.05) is 46.0 Å². The molecule has 2 aromatic heterocycles. The number of halogens is 1. The highest BCUT2D eigenvalue weighted by molar-refractivity contribution is 7.89. The molecule has 1 aliphatic heterocycles. The second kappa shape index (κ2) is 11.7. The molecule has 1 aromatic carbocycles. The Hall–Kier alpha value is -2.44. The summed E-state index contributed by atoms with van der Waals surface area (Å²) in [6, 6.07) is 4.69. The molecule has 0 spiro atoms. The van der Waals surface area contributed by atoms with Crippen LogP contribution < -0.4 is 10.3 Å². The van der Waals surface area contributed by atoms with Crippen molar-refractivity contribution in [1.82, 2.24) is 23.7 Å². The standard InChI is InChI=1S/C24H33N5O5S.ClH/c1-4-6-17-16-27(3)22-21(17)25-23(26-24(22)31)19-15-18(7-8-20(19)34-5-2)35(32,33)29-11-9-28(10-12-29)13-14-30;/h7-8,15-16,30H,4-6,9-14H2,1-3H3,(H,25,26,31);1H. The van der Waals surface area contributed by atoms with Gasteiger partial charge in [-0.15, -0.1) is 12.4 Å². The van der Waals surface area contributed by atoms with E-state index in [1.807, 2.05) is 25.1 Å². The number of hydrogen-bond donors (Lipinski definition) is 2. The maximum Gasteiger partial charge on any atom is 0.275 e. The molecular weight excluding hydrogens is 506 g/mol. The zero-order valence-corrected chi connectivity index (χ0v) is 22.5. The monoisotopic (exact) mass is 539 g/mol. The molecule has 0 aliphatic carbocycles. The number of nitrogens with zero attached hydrogens (tertiary/aromatic N) is 4. The van der Waals surface area contributed by atoms with E-state index in [-0.39, 0.29) is 35.3 Å². The van der Waals surface area contributed by atoms with Crippen molar-refractivity contribution in [2.75, 3.05) is 45.9 Å². The summed E-state index contributed by atoms with van der Waals surface area (Å²) in [6.45, 7) is 6.67. The first-order valence-corrected chi connectivity index (χ1v) is 13.4. The van der Waals surface area contributed by atoms with Crippen molar-refractivity contribution in [2.24, 2.45) is 7.05 Å². The molecule has 0 atom stereocenters. The summed E-state index contributed by atoms with van der Waals surface area (Å²) in [5, 5.41) is 9.15. The third kappa shape index (κ3) is 5.45. The Morgan fingerprint density at radius 3 is 2.53 bits per heavy atom. The van der Waals surface area contributed by atoms with Crippen molar-refractivity contribution in [1.29, 1.82) is 0 Å². The van der Waals surface area contributed by atoms with Gasteiger partial charge in [0.1, 0.15) is 17.1 Å². The number of aromatic amines is 1. The summed E-state index contributed by atoms with van der Waals surface area (Å²) in [5.41, 5.74) is 2.21. The molecule has 3 aromatic rings. The van der Waals surface area contributed by atoms with Crippen LogP contribution in [-0.4, -0.2) is 83.2 Å². The Morgan fingerprint density at radius 1 is 1.17 bits per heavy atom. The van der Waals surface area contributed by atoms with Crippen LogP contribution in [0, 0.1) is 0 Å². The summed E-state index contributed by atoms with van der Waals surface area (Å²) in [6.07, 6.45) is 3.61. The SMILES string of the molecule is CCCc1cn(C)c2c(=O)[nH]c(-c3cc(S(=O)(=O)N4CCN(CCO)CC4)ccc3OCC)nc12.Cl. The topological polar surface area (TPSA) is 121 Å². The van der Waals surface area contributed by atoms with Gasteiger partial charge in [-0.05, 0) is 37.1 Å². The van der Waals surface area contributed by atoms with Crippen molar-refractivity contribution in [2.45, 2.75) is 31.6 Å². The van der Waals surface area contributed by atoms with Gasteiger partial charge in [0.05, 0.1) is 29.2 Å². The number of benzene rings is 1. The summed E-state index contributed by atoms with van der Waals surface area (Å²) in [4.78, 5) is 22.7. The van der Waals surface area contributed by atoms with E-state index in [1.165, 1.54) is 16.4 Å². The van der Waals surface area contributed by atoms with Crippen molar-refractivity contribution < 1.29 is 18.3 Å². The quantitative estimate of drug-likeness (QED) is 0.426. The predicted octanol–water partition coefficient (Wildman–Crippen LogP) is 2.00. The van der Waals surface area contributed by atoms with Crippen LogP contribution in [0.3, 0.4) is 0 Å². The van der Waals surface area contributed by atoms with E-state index in [4.69, 9.17) is 14.8 Å². The highest BCUT2D eigenvalue weighted by Gasteiger charge is 2.29. The number of β-amino-alcohol motifs (C(OH)–C–C–N with tert-alkyl or cyclic N) is 1. The van der Waals surface area contributed by atoms with E-state index >= 15 is 0 Å². The van der Waals surface area contributed by atoms with Crippen LogP contribution in [-0.2, 0) is 23.5 Å². The van der Waals surface area contributed by atoms with Crippen LogP contribution in [0.2, 0.25) is 0 Å². The number of nitrogens with one attached hydrogen (secondary N) is 1. The van der Waals surface area contributed by atoms with Gasteiger partial charge in [-0.1, -0.05) is 13.3 Å². The molecule has 0 saturated carbocycles. The molecule has 0 amide bonds. The highest BCUT2D eigenvalue weighted by Crippen LogP contribution is 2.32. The number of rotatable bonds is 9. The highest BCUT2D eigenvalue weighted by atomic mass is 35.5. The maximum atomic E-state index is 13.4. The van der Waals surface area contributed by atoms with Gasteiger partial charge in [-0.25, -0.2) is 13.4 Å². The summed E-state index contributed by atoms with van der Waals surface area (Å²) in [5.74, 6) is 0.731. The number of hydrogen-bond acceptors (Lipinski definition) is 7. The molecule has 36 heavy (non-hydrogen) atoms. The van der Waals surface area contributed by atoms with Gasteiger partial charge >= 0.3 is 0 Å². The molecule has 0 unspecified atom stereocenters. The Morgan fingerprint density at radius 2 is 1.89 bits per heavy atom. The fourth-order valence-electron chi connectivity index (χ4n) is 4.58. The first kappa shape index (κ1) is 28.1. The van der Waals surface area contributed by atoms with Gasteiger partial charge < -0.3 is 19.4 Å². The van der Waals surface area contributed by atoms with E-state index in [0.717, 1.165) is 18.4 Å². The second-order valence-electron chi connectivity index (χ2n) is 8.69. The molecule has 1 fully saturated rings. The van der Waals surface area contributed by atoms with E-state index in [1.54, 1.807) is 10.6 Å². The summed E-state index contributed by atoms with van der Waals surface area (Å²) < 4.78 is 35.9. The number of ether oxygens (including phenoxy) is 1. The Kier molecular flexibility index (Phi) is 9.18. The maximum absolute atomic E-state index is 13.4. The lowest BCUT2D eigenvalue weighted by atomic mass is 10.1.